The molecule has 0 radical (unpaired) electrons. The van der Waals surface area contributed by atoms with E-state index in [1.54, 1.807) is 0 Å². The van der Waals surface area contributed by atoms with Gasteiger partial charge in [-0.05, 0) is 43.7 Å². The van der Waals surface area contributed by atoms with Gasteiger partial charge in [0, 0.05) is 44.2 Å². The maximum absolute atomic E-state index is 13.1. The van der Waals surface area contributed by atoms with E-state index in [4.69, 9.17) is 0 Å². The molecular weight excluding hydrogens is 364 g/mol. The Hall–Kier alpha value is -2.08. The van der Waals surface area contributed by atoms with E-state index in [2.05, 4.69) is 20.4 Å². The number of para-hydroxylation sites is 1. The second-order valence-electron chi connectivity index (χ2n) is 9.32. The number of likely N-dealkylation sites (tertiary alicyclic amines) is 2. The number of rotatable bonds is 2. The third-order valence-electron chi connectivity index (χ3n) is 7.53. The number of carbonyl (C=O) groups is 2. The first-order chi connectivity index (χ1) is 14.1. The first-order valence-electron chi connectivity index (χ1n) is 11.4. The zero-order chi connectivity index (χ0) is 19.8. The van der Waals surface area contributed by atoms with Gasteiger partial charge in [-0.25, -0.2) is 0 Å². The highest BCUT2D eigenvalue weighted by molar-refractivity contribution is 6.02. The number of amides is 2. The number of piperidine rings is 2. The van der Waals surface area contributed by atoms with Gasteiger partial charge >= 0.3 is 0 Å². The molecule has 0 aromatic heterocycles. The number of fused-ring (bicyclic) bond motifs is 2. The lowest BCUT2D eigenvalue weighted by atomic mass is 9.78. The van der Waals surface area contributed by atoms with Gasteiger partial charge in [0.2, 0.25) is 5.91 Å². The van der Waals surface area contributed by atoms with Crippen molar-refractivity contribution >= 4 is 17.5 Å². The molecule has 4 aliphatic rings. The summed E-state index contributed by atoms with van der Waals surface area (Å²) in [6.45, 7) is 3.10. The summed E-state index contributed by atoms with van der Waals surface area (Å²) in [4.78, 5) is 30.1. The summed E-state index contributed by atoms with van der Waals surface area (Å²) in [7, 11) is 0. The number of carbonyl (C=O) groups excluding carboxylic acids is 2. The van der Waals surface area contributed by atoms with Gasteiger partial charge in [0.15, 0.2) is 0 Å². The van der Waals surface area contributed by atoms with Crippen LogP contribution in [0.1, 0.15) is 61.7 Å². The largest absolute Gasteiger partial charge is 0.362 e. The number of nitrogens with one attached hydrogen (secondary N) is 2. The van der Waals surface area contributed by atoms with Crippen LogP contribution >= 0.6 is 0 Å². The molecule has 3 aliphatic heterocycles. The van der Waals surface area contributed by atoms with E-state index in [9.17, 15) is 9.59 Å². The molecule has 29 heavy (non-hydrogen) atoms. The van der Waals surface area contributed by atoms with Crippen molar-refractivity contribution in [3.8, 4) is 0 Å². The summed E-state index contributed by atoms with van der Waals surface area (Å²) < 4.78 is 0. The molecule has 0 unspecified atom stereocenters. The average molecular weight is 397 g/mol. The van der Waals surface area contributed by atoms with E-state index in [-0.39, 0.29) is 11.6 Å². The normalized spacial score (nSPS) is 28.8. The van der Waals surface area contributed by atoms with Gasteiger partial charge in [-0.15, -0.1) is 0 Å². The Morgan fingerprint density at radius 3 is 2.62 bits per heavy atom. The van der Waals surface area contributed by atoms with Gasteiger partial charge in [0.1, 0.15) is 5.66 Å². The minimum Gasteiger partial charge on any atom is -0.362 e. The van der Waals surface area contributed by atoms with Gasteiger partial charge in [-0.2, -0.15) is 0 Å². The van der Waals surface area contributed by atoms with E-state index in [1.165, 1.54) is 32.1 Å². The molecule has 2 amide bonds. The van der Waals surface area contributed by atoms with Crippen LogP contribution in [0, 0.1) is 5.92 Å². The predicted octanol–water partition coefficient (Wildman–Crippen LogP) is 2.82. The van der Waals surface area contributed by atoms with Gasteiger partial charge in [0.05, 0.1) is 12.1 Å². The highest BCUT2D eigenvalue weighted by atomic mass is 16.2. The van der Waals surface area contributed by atoms with Crippen molar-refractivity contribution in [3.05, 3.63) is 29.8 Å². The topological polar surface area (TPSA) is 64.7 Å². The quantitative estimate of drug-likeness (QED) is 0.807. The molecule has 6 nitrogen and oxygen atoms in total. The van der Waals surface area contributed by atoms with Gasteiger partial charge in [-0.1, -0.05) is 25.0 Å². The van der Waals surface area contributed by atoms with Crippen molar-refractivity contribution in [2.24, 2.45) is 5.92 Å². The van der Waals surface area contributed by atoms with Crippen LogP contribution in [0.3, 0.4) is 0 Å². The number of benzene rings is 1. The van der Waals surface area contributed by atoms with E-state index in [1.807, 2.05) is 24.3 Å². The van der Waals surface area contributed by atoms with Crippen molar-refractivity contribution in [2.75, 3.05) is 31.5 Å². The standard InChI is InChI=1S/C23H32N4O2/c28-21(27-13-5-7-17-6-1-4-10-20(17)27)16-26-14-11-23(12-15-26)24-19-9-3-2-8-18(19)22(29)25-23/h2-3,8-9,17,20,24H,1,4-7,10-16H2,(H,25,29)/t17-,20-/m1/s1. The van der Waals surface area contributed by atoms with Crippen LogP contribution in [-0.2, 0) is 4.79 Å². The Balaban J connectivity index is 1.19. The Labute approximate surface area is 173 Å². The number of anilines is 1. The summed E-state index contributed by atoms with van der Waals surface area (Å²) in [6, 6.07) is 8.17. The first-order valence-corrected chi connectivity index (χ1v) is 11.4. The summed E-state index contributed by atoms with van der Waals surface area (Å²) in [5.41, 5.74) is 1.24. The first kappa shape index (κ1) is 18.9. The molecule has 1 aromatic carbocycles. The van der Waals surface area contributed by atoms with Crippen LogP contribution in [0.15, 0.2) is 24.3 Å². The van der Waals surface area contributed by atoms with Gasteiger partial charge in [-0.3, -0.25) is 14.5 Å². The van der Waals surface area contributed by atoms with Crippen LogP contribution in [0.25, 0.3) is 0 Å². The fourth-order valence-corrected chi connectivity index (χ4v) is 5.92. The van der Waals surface area contributed by atoms with E-state index < -0.39 is 0 Å². The molecule has 2 atom stereocenters. The summed E-state index contributed by atoms with van der Waals surface area (Å²) in [5.74, 6) is 1.04. The third kappa shape index (κ3) is 3.63. The van der Waals surface area contributed by atoms with E-state index >= 15 is 0 Å². The van der Waals surface area contributed by atoms with Crippen LogP contribution in [-0.4, -0.2) is 59.5 Å². The third-order valence-corrected chi connectivity index (χ3v) is 7.53. The van der Waals surface area contributed by atoms with E-state index in [0.29, 0.717) is 24.1 Å². The van der Waals surface area contributed by atoms with Crippen molar-refractivity contribution in [1.82, 2.24) is 15.1 Å². The zero-order valence-electron chi connectivity index (χ0n) is 17.2. The van der Waals surface area contributed by atoms with Crippen LogP contribution in [0.2, 0.25) is 0 Å². The maximum Gasteiger partial charge on any atom is 0.255 e. The highest BCUT2D eigenvalue weighted by Gasteiger charge is 2.41. The molecule has 1 aromatic rings. The smallest absolute Gasteiger partial charge is 0.255 e. The molecule has 156 valence electrons. The van der Waals surface area contributed by atoms with E-state index in [0.717, 1.165) is 50.5 Å². The Morgan fingerprint density at radius 2 is 1.76 bits per heavy atom. The lowest BCUT2D eigenvalue weighted by Gasteiger charge is -2.47. The number of hydrogen-bond acceptors (Lipinski definition) is 4. The molecule has 2 N–H and O–H groups in total. The fraction of sp³-hybridized carbons (Fsp3) is 0.652. The Bertz CT molecular complexity index is 785. The lowest BCUT2D eigenvalue weighted by molar-refractivity contribution is -0.139. The Morgan fingerprint density at radius 1 is 1.00 bits per heavy atom. The van der Waals surface area contributed by atoms with Crippen LogP contribution < -0.4 is 10.6 Å². The molecule has 6 heteroatoms. The monoisotopic (exact) mass is 396 g/mol. The predicted molar refractivity (Wildman–Crippen MR) is 113 cm³/mol. The van der Waals surface area contributed by atoms with Crippen molar-refractivity contribution < 1.29 is 9.59 Å². The molecule has 1 spiro atoms. The number of hydrogen-bond donors (Lipinski definition) is 2. The van der Waals surface area contributed by atoms with Gasteiger partial charge in [0.25, 0.3) is 5.91 Å². The Kier molecular flexibility index (Phi) is 4.98. The second kappa shape index (κ2) is 7.63. The van der Waals surface area contributed by atoms with Crippen molar-refractivity contribution in [1.29, 1.82) is 0 Å². The molecular formula is C23H32N4O2. The molecule has 5 rings (SSSR count). The molecule has 0 bridgehead atoms. The minimum atomic E-state index is -0.384. The maximum atomic E-state index is 13.1. The van der Waals surface area contributed by atoms with Crippen LogP contribution in [0.5, 0.6) is 0 Å². The molecule has 3 fully saturated rings. The minimum absolute atomic E-state index is 0.000494. The number of nitrogens with zero attached hydrogens (tertiary/aromatic N) is 2. The molecule has 1 aliphatic carbocycles. The van der Waals surface area contributed by atoms with Crippen molar-refractivity contribution in [2.45, 2.75) is 63.1 Å². The summed E-state index contributed by atoms with van der Waals surface area (Å²) in [5, 5.41) is 6.75. The van der Waals surface area contributed by atoms with Gasteiger partial charge < -0.3 is 15.5 Å². The molecule has 3 heterocycles. The van der Waals surface area contributed by atoms with Crippen molar-refractivity contribution in [3.63, 3.8) is 0 Å². The summed E-state index contributed by atoms with van der Waals surface area (Å²) in [6.07, 6.45) is 9.17. The highest BCUT2D eigenvalue weighted by Crippen LogP contribution is 2.36. The average Bonchev–Trinajstić information content (AvgIpc) is 2.75. The SMILES string of the molecule is O=C1NC2(CCN(CC(=O)N3CCC[C@H]4CCCC[C@H]43)CC2)Nc2ccccc21. The molecule has 1 saturated carbocycles. The second-order valence-corrected chi connectivity index (χ2v) is 9.32. The lowest BCUT2D eigenvalue weighted by Crippen LogP contribution is -2.63. The molecule has 2 saturated heterocycles. The van der Waals surface area contributed by atoms with Crippen LogP contribution in [0.4, 0.5) is 5.69 Å². The zero-order valence-corrected chi connectivity index (χ0v) is 17.2. The fourth-order valence-electron chi connectivity index (χ4n) is 5.92. The summed E-state index contributed by atoms with van der Waals surface area (Å²) >= 11 is 0.